The van der Waals surface area contributed by atoms with Gasteiger partial charge in [0.1, 0.15) is 0 Å². The van der Waals surface area contributed by atoms with Gasteiger partial charge in [-0.3, -0.25) is 4.99 Å². The van der Waals surface area contributed by atoms with E-state index < -0.39 is 9.84 Å². The number of benzene rings is 2. The van der Waals surface area contributed by atoms with E-state index in [2.05, 4.69) is 15.6 Å². The molecule has 0 aliphatic rings. The lowest BCUT2D eigenvalue weighted by molar-refractivity contribution is 0.602. The highest BCUT2D eigenvalue weighted by atomic mass is 35.5. The summed E-state index contributed by atoms with van der Waals surface area (Å²) in [6.07, 6.45) is 1.20. The van der Waals surface area contributed by atoms with Gasteiger partial charge in [-0.05, 0) is 35.4 Å². The van der Waals surface area contributed by atoms with Crippen molar-refractivity contribution in [2.75, 3.05) is 13.3 Å². The fourth-order valence-corrected chi connectivity index (χ4v) is 2.94. The Kier molecular flexibility index (Phi) is 6.23. The number of aliphatic imine (C=N–C) groups is 1. The second kappa shape index (κ2) is 8.17. The average molecular weight is 366 g/mol. The van der Waals surface area contributed by atoms with Crippen LogP contribution in [0.1, 0.15) is 11.1 Å². The van der Waals surface area contributed by atoms with Crippen molar-refractivity contribution in [3.63, 3.8) is 0 Å². The molecule has 0 aromatic heterocycles. The molecular formula is C17H20ClN3O2S. The minimum atomic E-state index is -3.17. The Bertz CT molecular complexity index is 818. The van der Waals surface area contributed by atoms with Crippen molar-refractivity contribution in [1.29, 1.82) is 0 Å². The zero-order valence-electron chi connectivity index (χ0n) is 13.6. The number of guanidine groups is 1. The molecule has 0 aliphatic carbocycles. The van der Waals surface area contributed by atoms with Gasteiger partial charge in [0.05, 0.1) is 4.90 Å². The zero-order valence-corrected chi connectivity index (χ0v) is 15.2. The Morgan fingerprint density at radius 3 is 2.21 bits per heavy atom. The van der Waals surface area contributed by atoms with Crippen LogP contribution in [0.15, 0.2) is 58.4 Å². The molecule has 24 heavy (non-hydrogen) atoms. The van der Waals surface area contributed by atoms with Crippen LogP contribution >= 0.6 is 11.6 Å². The molecule has 0 saturated heterocycles. The Morgan fingerprint density at radius 2 is 1.67 bits per heavy atom. The summed E-state index contributed by atoms with van der Waals surface area (Å²) in [4.78, 5) is 4.48. The molecule has 7 heteroatoms. The average Bonchev–Trinajstić information content (AvgIpc) is 2.55. The van der Waals surface area contributed by atoms with E-state index in [1.165, 1.54) is 6.26 Å². The lowest BCUT2D eigenvalue weighted by Crippen LogP contribution is -2.36. The minimum absolute atomic E-state index is 0.315. The molecule has 0 heterocycles. The van der Waals surface area contributed by atoms with Crippen molar-refractivity contribution in [1.82, 2.24) is 10.6 Å². The van der Waals surface area contributed by atoms with E-state index in [1.807, 2.05) is 24.3 Å². The second-order valence-corrected chi connectivity index (χ2v) is 7.78. The number of nitrogens with one attached hydrogen (secondary N) is 2. The summed E-state index contributed by atoms with van der Waals surface area (Å²) in [5.74, 6) is 0.655. The maximum absolute atomic E-state index is 11.4. The van der Waals surface area contributed by atoms with Gasteiger partial charge in [0.2, 0.25) is 0 Å². The summed E-state index contributed by atoms with van der Waals surface area (Å²) in [6.45, 7) is 1.15. The summed E-state index contributed by atoms with van der Waals surface area (Å²) in [7, 11) is -1.47. The molecule has 5 nitrogen and oxygen atoms in total. The van der Waals surface area contributed by atoms with Crippen molar-refractivity contribution >= 4 is 27.4 Å². The molecule has 0 fully saturated rings. The van der Waals surface area contributed by atoms with Gasteiger partial charge in [-0.25, -0.2) is 8.42 Å². The van der Waals surface area contributed by atoms with E-state index in [1.54, 1.807) is 31.3 Å². The van der Waals surface area contributed by atoms with Crippen LogP contribution in [0.3, 0.4) is 0 Å². The van der Waals surface area contributed by atoms with Crippen LogP contribution in [0.4, 0.5) is 0 Å². The topological polar surface area (TPSA) is 70.6 Å². The predicted octanol–water partition coefficient (Wildman–Crippen LogP) is 2.61. The van der Waals surface area contributed by atoms with Gasteiger partial charge in [-0.2, -0.15) is 0 Å². The van der Waals surface area contributed by atoms with Gasteiger partial charge in [0.15, 0.2) is 15.8 Å². The lowest BCUT2D eigenvalue weighted by Gasteiger charge is -2.12. The van der Waals surface area contributed by atoms with E-state index in [0.717, 1.165) is 11.1 Å². The molecule has 128 valence electrons. The summed E-state index contributed by atoms with van der Waals surface area (Å²) in [5, 5.41) is 7.09. The highest BCUT2D eigenvalue weighted by molar-refractivity contribution is 7.90. The van der Waals surface area contributed by atoms with E-state index in [0.29, 0.717) is 29.0 Å². The third-order valence-electron chi connectivity index (χ3n) is 3.38. The van der Waals surface area contributed by atoms with Crippen molar-refractivity contribution in [2.24, 2.45) is 4.99 Å². The first-order valence-electron chi connectivity index (χ1n) is 7.36. The number of halogens is 1. The number of sulfone groups is 1. The van der Waals surface area contributed by atoms with E-state index >= 15 is 0 Å². The Balaban J connectivity index is 1.89. The first kappa shape index (κ1) is 18.3. The van der Waals surface area contributed by atoms with Crippen molar-refractivity contribution < 1.29 is 8.42 Å². The normalized spacial score (nSPS) is 12.0. The molecule has 2 aromatic rings. The van der Waals surface area contributed by atoms with Crippen LogP contribution in [0, 0.1) is 0 Å². The molecule has 0 radical (unpaired) electrons. The molecule has 0 atom stereocenters. The SMILES string of the molecule is CN=C(NCc1ccc(S(C)(=O)=O)cc1)NCc1cccc(Cl)c1. The Morgan fingerprint density at radius 1 is 1.04 bits per heavy atom. The molecule has 2 aromatic carbocycles. The quantitative estimate of drug-likeness (QED) is 0.631. The molecule has 0 amide bonds. The summed E-state index contributed by atoms with van der Waals surface area (Å²) in [6, 6.07) is 14.4. The van der Waals surface area contributed by atoms with Gasteiger partial charge in [0.25, 0.3) is 0 Å². The minimum Gasteiger partial charge on any atom is -0.352 e. The molecule has 0 spiro atoms. The summed E-state index contributed by atoms with van der Waals surface area (Å²) in [5.41, 5.74) is 2.02. The molecular weight excluding hydrogens is 346 g/mol. The van der Waals surface area contributed by atoms with E-state index in [9.17, 15) is 8.42 Å². The Hall–Kier alpha value is -2.05. The Labute approximate surface area is 147 Å². The fourth-order valence-electron chi connectivity index (χ4n) is 2.09. The highest BCUT2D eigenvalue weighted by Crippen LogP contribution is 2.11. The first-order valence-corrected chi connectivity index (χ1v) is 9.63. The smallest absolute Gasteiger partial charge is 0.191 e. The lowest BCUT2D eigenvalue weighted by atomic mass is 10.2. The maximum Gasteiger partial charge on any atom is 0.191 e. The molecule has 2 N–H and O–H groups in total. The van der Waals surface area contributed by atoms with Crippen molar-refractivity contribution in [3.05, 3.63) is 64.7 Å². The third kappa shape index (κ3) is 5.54. The largest absolute Gasteiger partial charge is 0.352 e. The molecule has 0 unspecified atom stereocenters. The highest BCUT2D eigenvalue weighted by Gasteiger charge is 2.06. The molecule has 0 bridgehead atoms. The standard InChI is InChI=1S/C17H20ClN3O2S/c1-19-17(21-12-14-4-3-5-15(18)10-14)20-11-13-6-8-16(9-7-13)24(2,22)23/h3-10H,11-12H2,1-2H3,(H2,19,20,21). The van der Waals surface area contributed by atoms with Crippen LogP contribution in [0.25, 0.3) is 0 Å². The van der Waals surface area contributed by atoms with Crippen LogP contribution in [-0.2, 0) is 22.9 Å². The number of hydrogen-bond donors (Lipinski definition) is 2. The van der Waals surface area contributed by atoms with E-state index in [-0.39, 0.29) is 0 Å². The van der Waals surface area contributed by atoms with E-state index in [4.69, 9.17) is 11.6 Å². The van der Waals surface area contributed by atoms with Gasteiger partial charge < -0.3 is 10.6 Å². The van der Waals surface area contributed by atoms with Gasteiger partial charge in [-0.15, -0.1) is 0 Å². The molecule has 0 saturated carbocycles. The van der Waals surface area contributed by atoms with Gasteiger partial charge in [-0.1, -0.05) is 35.9 Å². The van der Waals surface area contributed by atoms with Crippen LogP contribution in [-0.4, -0.2) is 27.7 Å². The number of rotatable bonds is 5. The first-order chi connectivity index (χ1) is 11.4. The second-order valence-electron chi connectivity index (χ2n) is 5.33. The van der Waals surface area contributed by atoms with Crippen LogP contribution < -0.4 is 10.6 Å². The van der Waals surface area contributed by atoms with Crippen molar-refractivity contribution in [2.45, 2.75) is 18.0 Å². The predicted molar refractivity (Wildman–Crippen MR) is 98.0 cm³/mol. The summed E-state index contributed by atoms with van der Waals surface area (Å²) >= 11 is 5.96. The maximum atomic E-state index is 11.4. The third-order valence-corrected chi connectivity index (χ3v) is 4.75. The van der Waals surface area contributed by atoms with Crippen LogP contribution in [0.5, 0.6) is 0 Å². The monoisotopic (exact) mass is 365 g/mol. The number of hydrogen-bond acceptors (Lipinski definition) is 3. The molecule has 0 aliphatic heterocycles. The van der Waals surface area contributed by atoms with Gasteiger partial charge >= 0.3 is 0 Å². The van der Waals surface area contributed by atoms with Gasteiger partial charge in [0, 0.05) is 31.4 Å². The van der Waals surface area contributed by atoms with Crippen molar-refractivity contribution in [3.8, 4) is 0 Å². The fraction of sp³-hybridized carbons (Fsp3) is 0.235. The molecule has 2 rings (SSSR count). The zero-order chi connectivity index (χ0) is 17.6. The number of nitrogens with zero attached hydrogens (tertiary/aromatic N) is 1. The van der Waals surface area contributed by atoms with Crippen LogP contribution in [0.2, 0.25) is 5.02 Å². The summed E-state index contributed by atoms with van der Waals surface area (Å²) < 4.78 is 22.9.